The first-order chi connectivity index (χ1) is 13.7. The van der Waals surface area contributed by atoms with E-state index in [9.17, 15) is 9.18 Å². The van der Waals surface area contributed by atoms with E-state index in [1.54, 1.807) is 12.1 Å². The Morgan fingerprint density at radius 2 is 1.79 bits per heavy atom. The molecule has 0 saturated heterocycles. The van der Waals surface area contributed by atoms with Crippen LogP contribution in [0.2, 0.25) is 0 Å². The van der Waals surface area contributed by atoms with Gasteiger partial charge in [0.05, 0.1) is 12.3 Å². The van der Waals surface area contributed by atoms with Gasteiger partial charge < -0.3 is 9.74 Å². The third-order valence-electron chi connectivity index (χ3n) is 5.57. The molecule has 146 valence electrons. The van der Waals surface area contributed by atoms with Crippen LogP contribution in [0.5, 0.6) is 0 Å². The largest absolute Gasteiger partial charge is 0.390 e. The maximum absolute atomic E-state index is 13.2. The van der Waals surface area contributed by atoms with Crippen molar-refractivity contribution in [2.45, 2.75) is 44.8 Å². The molecule has 4 rings (SSSR count). The molecule has 1 heterocycles. The number of nitrogens with zero attached hydrogens (tertiary/aromatic N) is 2. The summed E-state index contributed by atoms with van der Waals surface area (Å²) in [5, 5.41) is 4.19. The molecule has 0 N–H and O–H groups in total. The van der Waals surface area contributed by atoms with Gasteiger partial charge in [0.25, 0.3) is 0 Å². The van der Waals surface area contributed by atoms with Gasteiger partial charge in [0.1, 0.15) is 5.82 Å². The van der Waals surface area contributed by atoms with E-state index >= 15 is 0 Å². The van der Waals surface area contributed by atoms with Crippen LogP contribution in [-0.2, 0) is 16.2 Å². The fraction of sp³-hybridized carbons (Fsp3) is 0.391. The summed E-state index contributed by atoms with van der Waals surface area (Å²) in [7, 11) is 0. The van der Waals surface area contributed by atoms with Gasteiger partial charge in [-0.25, -0.2) is 4.39 Å². The lowest BCUT2D eigenvalue weighted by Crippen LogP contribution is -2.40. The van der Waals surface area contributed by atoms with Crippen LogP contribution < -0.4 is 0 Å². The molecule has 1 aliphatic carbocycles. The molecule has 5 heteroatoms. The second kappa shape index (κ2) is 8.55. The molecule has 2 aromatic carbocycles. The normalized spacial score (nSPS) is 19.3. The second-order valence-corrected chi connectivity index (χ2v) is 7.66. The van der Waals surface area contributed by atoms with Crippen LogP contribution in [0.3, 0.4) is 0 Å². The quantitative estimate of drug-likeness (QED) is 0.738. The van der Waals surface area contributed by atoms with Gasteiger partial charge in [-0.15, -0.1) is 0 Å². The Bertz CT molecular complexity index is 829. The molecule has 0 aromatic heterocycles. The second-order valence-electron chi connectivity index (χ2n) is 7.66. The first kappa shape index (κ1) is 18.7. The number of hydrogen-bond acceptors (Lipinski definition) is 3. The monoisotopic (exact) mass is 380 g/mol. The Hall–Kier alpha value is -2.69. The fourth-order valence-electron chi connectivity index (χ4n) is 4.05. The SMILES string of the molecule is O=C(C1CCCC1)N(Cc1ccccc1)C[C@@H]1CC(c2ccc(F)cc2)=NO1. The third-order valence-corrected chi connectivity index (χ3v) is 5.57. The van der Waals surface area contributed by atoms with Gasteiger partial charge >= 0.3 is 0 Å². The molecule has 1 saturated carbocycles. The number of rotatable bonds is 6. The van der Waals surface area contributed by atoms with Crippen molar-refractivity contribution in [1.29, 1.82) is 0 Å². The fourth-order valence-corrected chi connectivity index (χ4v) is 4.05. The third kappa shape index (κ3) is 4.41. The van der Waals surface area contributed by atoms with Gasteiger partial charge in [0.2, 0.25) is 5.91 Å². The highest BCUT2D eigenvalue weighted by Gasteiger charge is 2.31. The predicted molar refractivity (Wildman–Crippen MR) is 106 cm³/mol. The highest BCUT2D eigenvalue weighted by atomic mass is 19.1. The minimum absolute atomic E-state index is 0.127. The molecule has 1 aliphatic heterocycles. The molecule has 1 fully saturated rings. The van der Waals surface area contributed by atoms with Crippen LogP contribution in [0.25, 0.3) is 0 Å². The van der Waals surface area contributed by atoms with Gasteiger partial charge in [-0.1, -0.05) is 60.5 Å². The van der Waals surface area contributed by atoms with E-state index in [1.807, 2.05) is 35.2 Å². The summed E-state index contributed by atoms with van der Waals surface area (Å²) in [4.78, 5) is 20.7. The summed E-state index contributed by atoms with van der Waals surface area (Å²) in [6.07, 6.45) is 4.67. The van der Waals surface area contributed by atoms with Crippen LogP contribution in [-0.4, -0.2) is 29.2 Å². The highest BCUT2D eigenvalue weighted by Crippen LogP contribution is 2.28. The lowest BCUT2D eigenvalue weighted by molar-refractivity contribution is -0.137. The molecule has 0 bridgehead atoms. The van der Waals surface area contributed by atoms with Crippen molar-refractivity contribution in [2.75, 3.05) is 6.54 Å². The summed E-state index contributed by atoms with van der Waals surface area (Å²) >= 11 is 0. The molecule has 1 atom stereocenters. The Morgan fingerprint density at radius 1 is 1.07 bits per heavy atom. The van der Waals surface area contributed by atoms with Crippen LogP contribution in [0, 0.1) is 11.7 Å². The van der Waals surface area contributed by atoms with Crippen molar-refractivity contribution in [1.82, 2.24) is 4.90 Å². The number of benzene rings is 2. The molecule has 1 amide bonds. The van der Waals surface area contributed by atoms with Crippen molar-refractivity contribution < 1.29 is 14.0 Å². The Balaban J connectivity index is 1.43. The molecule has 28 heavy (non-hydrogen) atoms. The van der Waals surface area contributed by atoms with Crippen molar-refractivity contribution in [3.8, 4) is 0 Å². The number of halogens is 1. The summed E-state index contributed by atoms with van der Waals surface area (Å²) in [5.41, 5.74) is 2.78. The van der Waals surface area contributed by atoms with E-state index in [1.165, 1.54) is 12.1 Å². The highest BCUT2D eigenvalue weighted by molar-refractivity contribution is 6.01. The average molecular weight is 380 g/mol. The Kier molecular flexibility index (Phi) is 5.70. The van der Waals surface area contributed by atoms with E-state index in [2.05, 4.69) is 5.16 Å². The minimum Gasteiger partial charge on any atom is -0.390 e. The molecule has 0 radical (unpaired) electrons. The van der Waals surface area contributed by atoms with Crippen molar-refractivity contribution >= 4 is 11.6 Å². The first-order valence-electron chi connectivity index (χ1n) is 10.0. The lowest BCUT2D eigenvalue weighted by atomic mass is 10.0. The molecule has 2 aliphatic rings. The smallest absolute Gasteiger partial charge is 0.226 e. The minimum atomic E-state index is -0.268. The van der Waals surface area contributed by atoms with E-state index < -0.39 is 0 Å². The van der Waals surface area contributed by atoms with Gasteiger partial charge in [0.15, 0.2) is 6.10 Å². The van der Waals surface area contributed by atoms with Gasteiger partial charge in [-0.2, -0.15) is 0 Å². The van der Waals surface area contributed by atoms with Crippen LogP contribution >= 0.6 is 0 Å². The molecular formula is C23H25FN2O2. The zero-order valence-electron chi connectivity index (χ0n) is 15.9. The van der Waals surface area contributed by atoms with E-state index in [0.717, 1.165) is 42.5 Å². The lowest BCUT2D eigenvalue weighted by Gasteiger charge is -2.27. The topological polar surface area (TPSA) is 41.9 Å². The molecular weight excluding hydrogens is 355 g/mol. The van der Waals surface area contributed by atoms with E-state index in [4.69, 9.17) is 4.84 Å². The predicted octanol–water partition coefficient (Wildman–Crippen LogP) is 4.54. The van der Waals surface area contributed by atoms with Crippen molar-refractivity contribution in [3.05, 3.63) is 71.5 Å². The summed E-state index contributed by atoms with van der Waals surface area (Å²) < 4.78 is 13.2. The van der Waals surface area contributed by atoms with Crippen LogP contribution in [0.15, 0.2) is 59.8 Å². The van der Waals surface area contributed by atoms with Crippen molar-refractivity contribution in [2.24, 2.45) is 11.1 Å². The number of hydrogen-bond donors (Lipinski definition) is 0. The van der Waals surface area contributed by atoms with Gasteiger partial charge in [0, 0.05) is 18.9 Å². The maximum Gasteiger partial charge on any atom is 0.226 e. The summed E-state index contributed by atoms with van der Waals surface area (Å²) in [5.74, 6) is 0.0822. The van der Waals surface area contributed by atoms with Crippen molar-refractivity contribution in [3.63, 3.8) is 0 Å². The van der Waals surface area contributed by atoms with Crippen LogP contribution in [0.1, 0.15) is 43.2 Å². The zero-order valence-corrected chi connectivity index (χ0v) is 15.9. The maximum atomic E-state index is 13.2. The van der Waals surface area contributed by atoms with Crippen LogP contribution in [0.4, 0.5) is 4.39 Å². The van der Waals surface area contributed by atoms with Gasteiger partial charge in [-0.3, -0.25) is 4.79 Å². The molecule has 4 nitrogen and oxygen atoms in total. The molecule has 2 aromatic rings. The first-order valence-corrected chi connectivity index (χ1v) is 10.0. The number of oxime groups is 1. The Labute approximate surface area is 165 Å². The van der Waals surface area contributed by atoms with E-state index in [0.29, 0.717) is 19.5 Å². The molecule has 0 spiro atoms. The summed E-state index contributed by atoms with van der Waals surface area (Å²) in [6, 6.07) is 16.3. The molecule has 0 unspecified atom stereocenters. The number of carbonyl (C=O) groups is 1. The van der Waals surface area contributed by atoms with Gasteiger partial charge in [-0.05, 0) is 36.1 Å². The number of carbonyl (C=O) groups excluding carboxylic acids is 1. The Morgan fingerprint density at radius 3 is 2.50 bits per heavy atom. The average Bonchev–Trinajstić information content (AvgIpc) is 3.41. The van der Waals surface area contributed by atoms with E-state index in [-0.39, 0.29) is 23.7 Å². The standard InChI is InChI=1S/C23H25FN2O2/c24-20-12-10-18(11-13-20)22-14-21(28-25-22)16-26(15-17-6-2-1-3-7-17)23(27)19-8-4-5-9-19/h1-3,6-7,10-13,19,21H,4-5,8-9,14-16H2/t21-/m0/s1. The number of amides is 1. The summed E-state index contributed by atoms with van der Waals surface area (Å²) in [6.45, 7) is 1.10. The zero-order chi connectivity index (χ0) is 19.3.